The molecule has 0 aliphatic carbocycles. The first-order valence-electron chi connectivity index (χ1n) is 6.55. The van der Waals surface area contributed by atoms with Crippen molar-refractivity contribution in [3.8, 4) is 0 Å². The first-order chi connectivity index (χ1) is 8.97. The van der Waals surface area contributed by atoms with Gasteiger partial charge in [-0.05, 0) is 38.8 Å². The quantitative estimate of drug-likeness (QED) is 0.797. The van der Waals surface area contributed by atoms with Crippen LogP contribution in [0.1, 0.15) is 25.3 Å². The van der Waals surface area contributed by atoms with Crippen LogP contribution in [0.4, 0.5) is 0 Å². The Morgan fingerprint density at radius 1 is 1.26 bits per heavy atom. The number of benzene rings is 1. The normalized spacial score (nSPS) is 24.3. The summed E-state index contributed by atoms with van der Waals surface area (Å²) in [5, 5.41) is 0. The highest BCUT2D eigenvalue weighted by molar-refractivity contribution is 7.86. The molecule has 1 aromatic rings. The summed E-state index contributed by atoms with van der Waals surface area (Å²) in [5.74, 6) is 0.163. The molecule has 0 aromatic heterocycles. The molecule has 4 nitrogen and oxygen atoms in total. The zero-order chi connectivity index (χ0) is 13.9. The zero-order valence-electron chi connectivity index (χ0n) is 11.3. The second-order valence-electron chi connectivity index (χ2n) is 5.14. The molecule has 1 fully saturated rings. The lowest BCUT2D eigenvalue weighted by Crippen LogP contribution is -2.27. The summed E-state index contributed by atoms with van der Waals surface area (Å²) in [5.41, 5.74) is 1.02. The third kappa shape index (κ3) is 4.03. The molecular weight excluding hydrogens is 264 g/mol. The minimum atomic E-state index is -3.65. The average molecular weight is 284 g/mol. The number of ether oxygens (including phenoxy) is 1. The van der Waals surface area contributed by atoms with Crippen LogP contribution in [0, 0.1) is 12.8 Å². The van der Waals surface area contributed by atoms with Crippen molar-refractivity contribution >= 4 is 10.1 Å². The summed E-state index contributed by atoms with van der Waals surface area (Å²) < 4.78 is 34.6. The lowest BCUT2D eigenvalue weighted by Gasteiger charge is -2.26. The monoisotopic (exact) mass is 284 g/mol. The third-order valence-corrected chi connectivity index (χ3v) is 4.66. The molecule has 1 heterocycles. The fourth-order valence-corrected chi connectivity index (χ4v) is 3.00. The number of hydrogen-bond donors (Lipinski definition) is 0. The zero-order valence-corrected chi connectivity index (χ0v) is 12.2. The largest absolute Gasteiger partial charge is 0.378 e. The minimum Gasteiger partial charge on any atom is -0.378 e. The SMILES string of the molecule is Cc1ccc(S(=O)(=O)OCC2CCC(C)OC2)cc1. The lowest BCUT2D eigenvalue weighted by atomic mass is 10.0. The molecule has 0 radical (unpaired) electrons. The molecule has 0 amide bonds. The molecule has 1 aromatic carbocycles. The second-order valence-corrected chi connectivity index (χ2v) is 6.75. The molecule has 106 valence electrons. The van der Waals surface area contributed by atoms with Crippen molar-refractivity contribution in [3.63, 3.8) is 0 Å². The van der Waals surface area contributed by atoms with Crippen LogP contribution in [-0.2, 0) is 19.0 Å². The van der Waals surface area contributed by atoms with Gasteiger partial charge >= 0.3 is 0 Å². The standard InChI is InChI=1S/C14H20O4S/c1-11-3-7-14(8-4-11)19(15,16)18-10-13-6-5-12(2)17-9-13/h3-4,7-8,12-13H,5-6,9-10H2,1-2H3. The molecule has 2 atom stereocenters. The van der Waals surface area contributed by atoms with Gasteiger partial charge in [0.25, 0.3) is 10.1 Å². The van der Waals surface area contributed by atoms with E-state index < -0.39 is 10.1 Å². The summed E-state index contributed by atoms with van der Waals surface area (Å²) in [7, 11) is -3.65. The van der Waals surface area contributed by atoms with E-state index in [-0.39, 0.29) is 23.5 Å². The van der Waals surface area contributed by atoms with Crippen LogP contribution in [0.15, 0.2) is 29.2 Å². The van der Waals surface area contributed by atoms with Crippen molar-refractivity contribution < 1.29 is 17.3 Å². The van der Waals surface area contributed by atoms with E-state index in [0.717, 1.165) is 18.4 Å². The van der Waals surface area contributed by atoms with Gasteiger partial charge in [-0.15, -0.1) is 0 Å². The van der Waals surface area contributed by atoms with Crippen molar-refractivity contribution in [3.05, 3.63) is 29.8 Å². The van der Waals surface area contributed by atoms with Gasteiger partial charge in [0.15, 0.2) is 0 Å². The highest BCUT2D eigenvalue weighted by Gasteiger charge is 2.22. The molecule has 0 saturated carbocycles. The van der Waals surface area contributed by atoms with E-state index in [1.54, 1.807) is 24.3 Å². The van der Waals surface area contributed by atoms with Gasteiger partial charge in [0.05, 0.1) is 24.2 Å². The maximum Gasteiger partial charge on any atom is 0.296 e. The van der Waals surface area contributed by atoms with Gasteiger partial charge in [-0.3, -0.25) is 4.18 Å². The molecule has 2 rings (SSSR count). The van der Waals surface area contributed by atoms with E-state index in [1.807, 2.05) is 13.8 Å². The number of hydrogen-bond acceptors (Lipinski definition) is 4. The second kappa shape index (κ2) is 6.03. The summed E-state index contributed by atoms with van der Waals surface area (Å²) in [6, 6.07) is 6.68. The maximum absolute atomic E-state index is 12.0. The highest BCUT2D eigenvalue weighted by atomic mass is 32.2. The summed E-state index contributed by atoms with van der Waals surface area (Å²) in [6.45, 7) is 4.71. The Morgan fingerprint density at radius 2 is 1.95 bits per heavy atom. The van der Waals surface area contributed by atoms with Crippen molar-refractivity contribution in [2.24, 2.45) is 5.92 Å². The Kier molecular flexibility index (Phi) is 4.60. The molecule has 1 aliphatic rings. The number of aryl methyl sites for hydroxylation is 1. The Morgan fingerprint density at radius 3 is 2.53 bits per heavy atom. The van der Waals surface area contributed by atoms with Crippen LogP contribution in [0.2, 0.25) is 0 Å². The molecule has 0 N–H and O–H groups in total. The summed E-state index contributed by atoms with van der Waals surface area (Å²) in [6.07, 6.45) is 2.17. The predicted molar refractivity (Wildman–Crippen MR) is 72.5 cm³/mol. The topological polar surface area (TPSA) is 52.6 Å². The van der Waals surface area contributed by atoms with E-state index in [4.69, 9.17) is 8.92 Å². The van der Waals surface area contributed by atoms with Crippen LogP contribution in [-0.4, -0.2) is 27.7 Å². The third-order valence-electron chi connectivity index (χ3n) is 3.37. The van der Waals surface area contributed by atoms with Crippen molar-refractivity contribution in [1.82, 2.24) is 0 Å². The van der Waals surface area contributed by atoms with Gasteiger partial charge < -0.3 is 4.74 Å². The molecule has 1 saturated heterocycles. The van der Waals surface area contributed by atoms with Crippen LogP contribution < -0.4 is 0 Å². The molecular formula is C14H20O4S. The van der Waals surface area contributed by atoms with E-state index in [2.05, 4.69) is 0 Å². The lowest BCUT2D eigenvalue weighted by molar-refractivity contribution is -0.0164. The van der Waals surface area contributed by atoms with Gasteiger partial charge in [0.2, 0.25) is 0 Å². The highest BCUT2D eigenvalue weighted by Crippen LogP contribution is 2.21. The van der Waals surface area contributed by atoms with Crippen molar-refractivity contribution in [1.29, 1.82) is 0 Å². The molecule has 0 bridgehead atoms. The Bertz CT molecular complexity index is 499. The predicted octanol–water partition coefficient (Wildman–Crippen LogP) is 2.52. The minimum absolute atomic E-state index is 0.163. The first kappa shape index (κ1) is 14.5. The molecule has 19 heavy (non-hydrogen) atoms. The van der Waals surface area contributed by atoms with Gasteiger partial charge in [-0.25, -0.2) is 0 Å². The van der Waals surface area contributed by atoms with Crippen LogP contribution in [0.25, 0.3) is 0 Å². The summed E-state index contributed by atoms with van der Waals surface area (Å²) in [4.78, 5) is 0.211. The molecule has 5 heteroatoms. The molecule has 1 aliphatic heterocycles. The van der Waals surface area contributed by atoms with Gasteiger partial charge in [-0.2, -0.15) is 8.42 Å². The van der Waals surface area contributed by atoms with Crippen molar-refractivity contribution in [2.75, 3.05) is 13.2 Å². The number of rotatable bonds is 4. The smallest absolute Gasteiger partial charge is 0.296 e. The molecule has 2 unspecified atom stereocenters. The Hall–Kier alpha value is -0.910. The van der Waals surface area contributed by atoms with E-state index in [1.165, 1.54) is 0 Å². The van der Waals surface area contributed by atoms with Crippen molar-refractivity contribution in [2.45, 2.75) is 37.7 Å². The van der Waals surface area contributed by atoms with Crippen LogP contribution >= 0.6 is 0 Å². The van der Waals surface area contributed by atoms with Gasteiger partial charge in [0, 0.05) is 5.92 Å². The summed E-state index contributed by atoms with van der Waals surface area (Å²) >= 11 is 0. The maximum atomic E-state index is 12.0. The first-order valence-corrected chi connectivity index (χ1v) is 7.96. The fraction of sp³-hybridized carbons (Fsp3) is 0.571. The Balaban J connectivity index is 1.92. The van der Waals surface area contributed by atoms with Crippen LogP contribution in [0.3, 0.4) is 0 Å². The van der Waals surface area contributed by atoms with E-state index in [9.17, 15) is 8.42 Å². The van der Waals surface area contributed by atoms with E-state index >= 15 is 0 Å². The van der Waals surface area contributed by atoms with Gasteiger partial charge in [-0.1, -0.05) is 17.7 Å². The average Bonchev–Trinajstić information content (AvgIpc) is 2.39. The van der Waals surface area contributed by atoms with Crippen LogP contribution in [0.5, 0.6) is 0 Å². The fourth-order valence-electron chi connectivity index (χ4n) is 2.03. The molecule has 0 spiro atoms. The van der Waals surface area contributed by atoms with E-state index in [0.29, 0.717) is 6.61 Å². The van der Waals surface area contributed by atoms with Gasteiger partial charge in [0.1, 0.15) is 0 Å². The Labute approximate surface area is 114 Å².